The highest BCUT2D eigenvalue weighted by molar-refractivity contribution is 5.81. The number of nitrogens with two attached hydrogens (primary N) is 1. The van der Waals surface area contributed by atoms with E-state index in [9.17, 15) is 19.2 Å². The van der Waals surface area contributed by atoms with Gasteiger partial charge in [-0.15, -0.1) is 0 Å². The number of hydrogen-bond acceptors (Lipinski definition) is 12. The van der Waals surface area contributed by atoms with Crippen molar-refractivity contribution in [2.75, 3.05) is 13.7 Å². The number of benzene rings is 1. The first-order valence-corrected chi connectivity index (χ1v) is 14.1. The van der Waals surface area contributed by atoms with E-state index in [1.807, 2.05) is 20.8 Å². The van der Waals surface area contributed by atoms with Crippen LogP contribution in [0.4, 0.5) is 14.4 Å². The fourth-order valence-corrected chi connectivity index (χ4v) is 3.45. The molecule has 0 heterocycles. The largest absolute Gasteiger partial charge is 0.514 e. The average molecular weight is 598 g/mol. The van der Waals surface area contributed by atoms with Crippen molar-refractivity contribution in [2.24, 2.45) is 5.73 Å². The SMILES string of the molecule is CCC[C@H](C)OC(=O)OCC[C@@](N)(Cc1ccc(OC(=O)OC(C)(C)CC)c(OC(=O)OC(C)(C)CC)c1)C(=O)OC. The first-order valence-electron chi connectivity index (χ1n) is 14.1. The highest BCUT2D eigenvalue weighted by atomic mass is 16.8. The van der Waals surface area contributed by atoms with Crippen LogP contribution in [0.3, 0.4) is 0 Å². The third-order valence-electron chi connectivity index (χ3n) is 6.69. The smallest absolute Gasteiger partial charge is 0.468 e. The quantitative estimate of drug-likeness (QED) is 0.138. The number of rotatable bonds is 15. The topological polar surface area (TPSA) is 159 Å². The van der Waals surface area contributed by atoms with E-state index in [1.54, 1.807) is 34.6 Å². The van der Waals surface area contributed by atoms with Crippen LogP contribution in [0.15, 0.2) is 18.2 Å². The number of ether oxygens (including phenoxy) is 7. The first kappa shape index (κ1) is 36.5. The fraction of sp³-hybridized carbons (Fsp3) is 0.667. The molecule has 1 aromatic rings. The zero-order valence-corrected chi connectivity index (χ0v) is 26.3. The van der Waals surface area contributed by atoms with Crippen molar-refractivity contribution in [1.82, 2.24) is 0 Å². The molecule has 0 saturated heterocycles. The lowest BCUT2D eigenvalue weighted by atomic mass is 9.88. The molecule has 0 fully saturated rings. The maximum Gasteiger partial charge on any atom is 0.514 e. The highest BCUT2D eigenvalue weighted by Crippen LogP contribution is 2.32. The Morgan fingerprint density at radius 1 is 0.857 bits per heavy atom. The minimum Gasteiger partial charge on any atom is -0.468 e. The van der Waals surface area contributed by atoms with Crippen LogP contribution >= 0.6 is 0 Å². The molecule has 1 aromatic carbocycles. The second-order valence-electron chi connectivity index (χ2n) is 11.3. The Kier molecular flexibility index (Phi) is 14.1. The molecule has 12 nitrogen and oxygen atoms in total. The van der Waals surface area contributed by atoms with Crippen LogP contribution < -0.4 is 15.2 Å². The van der Waals surface area contributed by atoms with Gasteiger partial charge in [-0.05, 0) is 71.6 Å². The van der Waals surface area contributed by atoms with Crippen molar-refractivity contribution in [1.29, 1.82) is 0 Å². The van der Waals surface area contributed by atoms with Crippen molar-refractivity contribution in [3.63, 3.8) is 0 Å². The third-order valence-corrected chi connectivity index (χ3v) is 6.69. The van der Waals surface area contributed by atoms with Crippen LogP contribution in [0.1, 0.15) is 93.1 Å². The Hall–Kier alpha value is -3.54. The summed E-state index contributed by atoms with van der Waals surface area (Å²) in [6, 6.07) is 4.30. The lowest BCUT2D eigenvalue weighted by molar-refractivity contribution is -0.147. The molecule has 1 rings (SSSR count). The molecule has 238 valence electrons. The summed E-state index contributed by atoms with van der Waals surface area (Å²) in [5.74, 6) is -1.03. The molecule has 0 aromatic heterocycles. The van der Waals surface area contributed by atoms with Crippen molar-refractivity contribution in [3.8, 4) is 11.5 Å². The summed E-state index contributed by atoms with van der Waals surface area (Å²) in [7, 11) is 1.19. The normalized spacial score (nSPS) is 13.7. The lowest BCUT2D eigenvalue weighted by Gasteiger charge is -2.27. The molecular formula is C30H47NO11. The molecule has 0 amide bonds. The molecule has 0 aliphatic heterocycles. The first-order chi connectivity index (χ1) is 19.5. The third kappa shape index (κ3) is 12.5. The predicted molar refractivity (Wildman–Crippen MR) is 153 cm³/mol. The zero-order valence-electron chi connectivity index (χ0n) is 26.3. The van der Waals surface area contributed by atoms with Crippen LogP contribution in [0.5, 0.6) is 11.5 Å². The van der Waals surface area contributed by atoms with Gasteiger partial charge in [-0.3, -0.25) is 4.79 Å². The Bertz CT molecular complexity index is 1070. The molecule has 0 bridgehead atoms. The maximum atomic E-state index is 12.7. The minimum absolute atomic E-state index is 0.101. The molecule has 0 aliphatic rings. The summed E-state index contributed by atoms with van der Waals surface area (Å²) < 4.78 is 36.7. The Morgan fingerprint density at radius 2 is 1.40 bits per heavy atom. The van der Waals surface area contributed by atoms with Crippen LogP contribution in [0.2, 0.25) is 0 Å². The molecule has 0 spiro atoms. The number of carbonyl (C=O) groups excluding carboxylic acids is 4. The van der Waals surface area contributed by atoms with Crippen LogP contribution in [-0.2, 0) is 34.9 Å². The Morgan fingerprint density at radius 3 is 1.90 bits per heavy atom. The Balaban J connectivity index is 3.22. The molecule has 0 aliphatic carbocycles. The van der Waals surface area contributed by atoms with Crippen molar-refractivity contribution < 1.29 is 52.3 Å². The van der Waals surface area contributed by atoms with Gasteiger partial charge in [0.2, 0.25) is 0 Å². The summed E-state index contributed by atoms with van der Waals surface area (Å²) in [5, 5.41) is 0. The number of methoxy groups -OCH3 is 1. The highest BCUT2D eigenvalue weighted by Gasteiger charge is 2.36. The van der Waals surface area contributed by atoms with Gasteiger partial charge in [-0.25, -0.2) is 14.4 Å². The molecule has 2 atom stereocenters. The van der Waals surface area contributed by atoms with Gasteiger partial charge in [0.15, 0.2) is 11.5 Å². The number of hydrogen-bond donors (Lipinski definition) is 1. The second-order valence-corrected chi connectivity index (χ2v) is 11.3. The van der Waals surface area contributed by atoms with Crippen LogP contribution in [0.25, 0.3) is 0 Å². The summed E-state index contributed by atoms with van der Waals surface area (Å²) in [6.07, 6.45) is -0.842. The summed E-state index contributed by atoms with van der Waals surface area (Å²) >= 11 is 0. The fourth-order valence-electron chi connectivity index (χ4n) is 3.45. The van der Waals surface area contributed by atoms with E-state index >= 15 is 0 Å². The molecular weight excluding hydrogens is 550 g/mol. The second kappa shape index (κ2) is 16.2. The van der Waals surface area contributed by atoms with E-state index in [0.29, 0.717) is 24.8 Å². The van der Waals surface area contributed by atoms with Gasteiger partial charge in [0, 0.05) is 12.8 Å². The van der Waals surface area contributed by atoms with Gasteiger partial charge >= 0.3 is 24.4 Å². The number of esters is 1. The van der Waals surface area contributed by atoms with Crippen molar-refractivity contribution >= 4 is 24.4 Å². The predicted octanol–water partition coefficient (Wildman–Crippen LogP) is 6.24. The van der Waals surface area contributed by atoms with Gasteiger partial charge < -0.3 is 38.9 Å². The summed E-state index contributed by atoms with van der Waals surface area (Å²) in [6.45, 7) is 14.1. The minimum atomic E-state index is -1.63. The van der Waals surface area contributed by atoms with Crippen LogP contribution in [-0.4, -0.2) is 61.0 Å². The van der Waals surface area contributed by atoms with Crippen molar-refractivity contribution in [3.05, 3.63) is 23.8 Å². The summed E-state index contributed by atoms with van der Waals surface area (Å²) in [4.78, 5) is 49.8. The van der Waals surface area contributed by atoms with Gasteiger partial charge in [-0.2, -0.15) is 0 Å². The zero-order chi connectivity index (χ0) is 32.1. The molecule has 12 heteroatoms. The molecule has 0 unspecified atom stereocenters. The van der Waals surface area contributed by atoms with E-state index in [1.165, 1.54) is 25.3 Å². The average Bonchev–Trinajstić information content (AvgIpc) is 2.89. The monoisotopic (exact) mass is 597 g/mol. The standard InChI is InChI=1S/C30H47NO11/c1-10-13-20(4)38-25(33)37-17-16-30(31,24(32)36-9)19-21-14-15-22(39-26(34)41-28(5,6)11-2)23(18-21)40-27(35)42-29(7,8)12-3/h14-15,18,20H,10-13,16-17,19,31H2,1-9H3/t20-,30+/m0/s1. The summed E-state index contributed by atoms with van der Waals surface area (Å²) in [5.41, 5.74) is 3.63. The van der Waals surface area contributed by atoms with Gasteiger partial charge in [-0.1, -0.05) is 33.3 Å². The molecule has 0 radical (unpaired) electrons. The molecule has 0 saturated carbocycles. The number of carbonyl (C=O) groups is 4. The molecule has 42 heavy (non-hydrogen) atoms. The van der Waals surface area contributed by atoms with E-state index in [-0.39, 0.29) is 37.1 Å². The lowest BCUT2D eigenvalue weighted by Crippen LogP contribution is -2.51. The van der Waals surface area contributed by atoms with E-state index < -0.39 is 41.2 Å². The van der Waals surface area contributed by atoms with E-state index in [2.05, 4.69) is 0 Å². The van der Waals surface area contributed by atoms with Gasteiger partial charge in [0.05, 0.1) is 13.7 Å². The van der Waals surface area contributed by atoms with Gasteiger partial charge in [0.25, 0.3) is 0 Å². The van der Waals surface area contributed by atoms with Gasteiger partial charge in [0.1, 0.15) is 22.8 Å². The van der Waals surface area contributed by atoms with Crippen LogP contribution in [0, 0.1) is 0 Å². The van der Waals surface area contributed by atoms with Crippen molar-refractivity contribution in [2.45, 2.75) is 117 Å². The Labute approximate surface area is 248 Å². The maximum absolute atomic E-state index is 12.7. The van der Waals surface area contributed by atoms with E-state index in [4.69, 9.17) is 38.9 Å². The van der Waals surface area contributed by atoms with E-state index in [0.717, 1.165) is 6.42 Å². The molecule has 2 N–H and O–H groups in total.